The van der Waals surface area contributed by atoms with Crippen LogP contribution < -0.4 is 11.1 Å². The van der Waals surface area contributed by atoms with Crippen LogP contribution in [0, 0.1) is 20.8 Å². The highest BCUT2D eigenvalue weighted by Crippen LogP contribution is 2.29. The molecule has 1 aromatic carbocycles. The smallest absolute Gasteiger partial charge is 0.264 e. The first-order valence-electron chi connectivity index (χ1n) is 10.2. The fourth-order valence-corrected chi connectivity index (χ4v) is 4.34. The van der Waals surface area contributed by atoms with E-state index in [1.165, 1.54) is 16.7 Å². The molecule has 4 rings (SSSR count). The van der Waals surface area contributed by atoms with Crippen molar-refractivity contribution in [1.82, 2.24) is 20.1 Å². The van der Waals surface area contributed by atoms with Crippen molar-refractivity contribution in [2.24, 2.45) is 0 Å². The van der Waals surface area contributed by atoms with Crippen molar-refractivity contribution in [2.45, 2.75) is 52.9 Å². The fraction of sp³-hybridized carbons (Fsp3) is 0.391. The van der Waals surface area contributed by atoms with E-state index in [9.17, 15) is 4.79 Å². The van der Waals surface area contributed by atoms with Gasteiger partial charge in [0.05, 0.1) is 0 Å². The van der Waals surface area contributed by atoms with E-state index in [1.807, 2.05) is 24.0 Å². The van der Waals surface area contributed by atoms with Gasteiger partial charge in [-0.1, -0.05) is 35.4 Å². The van der Waals surface area contributed by atoms with Gasteiger partial charge >= 0.3 is 0 Å². The lowest BCUT2D eigenvalue weighted by Gasteiger charge is -2.38. The van der Waals surface area contributed by atoms with E-state index < -0.39 is 6.17 Å². The van der Waals surface area contributed by atoms with Crippen molar-refractivity contribution < 1.29 is 4.79 Å². The summed E-state index contributed by atoms with van der Waals surface area (Å²) in [6, 6.07) is 10.3. The molecule has 0 saturated carbocycles. The molecule has 1 atom stereocenters. The molecule has 2 aliphatic heterocycles. The summed E-state index contributed by atoms with van der Waals surface area (Å²) in [6.07, 6.45) is 3.72. The molecule has 1 saturated heterocycles. The van der Waals surface area contributed by atoms with Crippen LogP contribution in [-0.2, 0) is 17.9 Å². The summed E-state index contributed by atoms with van der Waals surface area (Å²) < 4.78 is 0. The number of nitrogen functional groups attached to an aromatic ring is 1. The van der Waals surface area contributed by atoms with Gasteiger partial charge in [-0.3, -0.25) is 10.1 Å². The Morgan fingerprint density at radius 1 is 1.17 bits per heavy atom. The number of carbonyl (C=O) groups excluding carboxylic acids is 1. The maximum atomic E-state index is 13.2. The molecule has 1 aromatic heterocycles. The third-order valence-electron chi connectivity index (χ3n) is 5.66. The average molecular weight is 392 g/mol. The first-order chi connectivity index (χ1) is 13.9. The lowest BCUT2D eigenvalue weighted by atomic mass is 10.1. The van der Waals surface area contributed by atoms with Gasteiger partial charge in [-0.15, -0.1) is 0 Å². The molecule has 0 aliphatic carbocycles. The molecule has 3 heterocycles. The number of hydrogen-bond donors (Lipinski definition) is 2. The minimum absolute atomic E-state index is 0.130. The van der Waals surface area contributed by atoms with Crippen LogP contribution >= 0.6 is 0 Å². The molecule has 3 N–H and O–H groups in total. The predicted molar refractivity (Wildman–Crippen MR) is 115 cm³/mol. The van der Waals surface area contributed by atoms with E-state index in [4.69, 9.17) is 5.73 Å². The summed E-state index contributed by atoms with van der Waals surface area (Å²) in [5, 5.41) is 3.50. The standard InChI is InChI=1S/C23H29N5O/c1-15-9-16(2)11-18(10-15)12-25-22-23(29)28-8-4-5-20(28)14-27(22)13-19-6-7-21(24)26-17(19)3/h6-7,9-11,14,22,25H,4-5,8,12-13H2,1-3H3,(H2,24,26)/t22-/m0/s1. The minimum atomic E-state index is -0.394. The Morgan fingerprint density at radius 3 is 2.66 bits per heavy atom. The van der Waals surface area contributed by atoms with Gasteiger partial charge in [0.15, 0.2) is 6.17 Å². The molecule has 6 nitrogen and oxygen atoms in total. The highest BCUT2D eigenvalue weighted by atomic mass is 16.2. The van der Waals surface area contributed by atoms with E-state index in [2.05, 4.69) is 53.4 Å². The number of pyridine rings is 1. The van der Waals surface area contributed by atoms with Crippen molar-refractivity contribution in [3.8, 4) is 0 Å². The molecular weight excluding hydrogens is 362 g/mol. The highest BCUT2D eigenvalue weighted by Gasteiger charge is 2.37. The second kappa shape index (κ2) is 7.87. The Morgan fingerprint density at radius 2 is 1.93 bits per heavy atom. The molecule has 0 unspecified atom stereocenters. The average Bonchev–Trinajstić information content (AvgIpc) is 3.11. The summed E-state index contributed by atoms with van der Waals surface area (Å²) in [7, 11) is 0. The van der Waals surface area contributed by atoms with E-state index >= 15 is 0 Å². The number of nitrogens with two attached hydrogens (primary N) is 1. The molecule has 1 fully saturated rings. The number of nitrogens with zero attached hydrogens (tertiary/aromatic N) is 3. The van der Waals surface area contributed by atoms with E-state index in [0.717, 1.165) is 36.3 Å². The fourth-order valence-electron chi connectivity index (χ4n) is 4.34. The van der Waals surface area contributed by atoms with Crippen LogP contribution in [-0.4, -0.2) is 33.4 Å². The van der Waals surface area contributed by atoms with Crippen LogP contribution in [0.2, 0.25) is 0 Å². The number of nitrogens with one attached hydrogen (secondary N) is 1. The van der Waals surface area contributed by atoms with Gasteiger partial charge in [-0.2, -0.15) is 0 Å². The third kappa shape index (κ3) is 4.12. The number of amides is 1. The van der Waals surface area contributed by atoms with Gasteiger partial charge in [0, 0.05) is 37.2 Å². The number of allylic oxidation sites excluding steroid dienone is 1. The summed E-state index contributed by atoms with van der Waals surface area (Å²) in [5.41, 5.74) is 12.6. The van der Waals surface area contributed by atoms with Gasteiger partial charge in [-0.25, -0.2) is 4.98 Å². The number of hydrogen-bond acceptors (Lipinski definition) is 5. The Hall–Kier alpha value is -2.86. The van der Waals surface area contributed by atoms with E-state index in [1.54, 1.807) is 0 Å². The van der Waals surface area contributed by atoms with Crippen molar-refractivity contribution in [1.29, 1.82) is 0 Å². The van der Waals surface area contributed by atoms with Crippen LogP contribution in [0.15, 0.2) is 42.2 Å². The Balaban J connectivity index is 1.58. The predicted octanol–water partition coefficient (Wildman–Crippen LogP) is 2.98. The Bertz CT molecular complexity index is 947. The molecule has 1 amide bonds. The number of aryl methyl sites for hydroxylation is 3. The molecule has 152 valence electrons. The first-order valence-corrected chi connectivity index (χ1v) is 10.2. The van der Waals surface area contributed by atoms with Gasteiger partial charge in [0.25, 0.3) is 5.91 Å². The number of rotatable bonds is 5. The number of fused-ring (bicyclic) bond motifs is 1. The zero-order valence-corrected chi connectivity index (χ0v) is 17.4. The van der Waals surface area contributed by atoms with Gasteiger partial charge in [0.2, 0.25) is 0 Å². The van der Waals surface area contributed by atoms with Gasteiger partial charge < -0.3 is 15.5 Å². The van der Waals surface area contributed by atoms with Crippen LogP contribution in [0.25, 0.3) is 0 Å². The number of carbonyl (C=O) groups is 1. The van der Waals surface area contributed by atoms with Crippen LogP contribution in [0.5, 0.6) is 0 Å². The third-order valence-corrected chi connectivity index (χ3v) is 5.66. The van der Waals surface area contributed by atoms with Crippen molar-refractivity contribution in [3.63, 3.8) is 0 Å². The SMILES string of the molecule is Cc1cc(C)cc(CN[C@@H]2C(=O)N3CCCC3=CN2Cc2ccc(N)nc2C)c1. The monoisotopic (exact) mass is 391 g/mol. The molecule has 0 spiro atoms. The number of aromatic nitrogens is 1. The molecular formula is C23H29N5O. The summed E-state index contributed by atoms with van der Waals surface area (Å²) in [6.45, 7) is 8.24. The maximum Gasteiger partial charge on any atom is 0.264 e. The first kappa shape index (κ1) is 19.5. The molecule has 0 radical (unpaired) electrons. The lowest BCUT2D eigenvalue weighted by molar-refractivity contribution is -0.136. The van der Waals surface area contributed by atoms with Crippen LogP contribution in [0.1, 0.15) is 40.8 Å². The van der Waals surface area contributed by atoms with Gasteiger partial charge in [0.1, 0.15) is 5.82 Å². The summed E-state index contributed by atoms with van der Waals surface area (Å²) >= 11 is 0. The highest BCUT2D eigenvalue weighted by molar-refractivity contribution is 5.84. The van der Waals surface area contributed by atoms with Crippen molar-refractivity contribution in [3.05, 3.63) is 70.2 Å². The summed E-state index contributed by atoms with van der Waals surface area (Å²) in [4.78, 5) is 21.7. The zero-order valence-electron chi connectivity index (χ0n) is 17.4. The van der Waals surface area contributed by atoms with Crippen molar-refractivity contribution >= 4 is 11.7 Å². The van der Waals surface area contributed by atoms with Crippen molar-refractivity contribution in [2.75, 3.05) is 12.3 Å². The van der Waals surface area contributed by atoms with Crippen LogP contribution in [0.4, 0.5) is 5.82 Å². The van der Waals surface area contributed by atoms with E-state index in [0.29, 0.717) is 18.9 Å². The molecule has 6 heteroatoms. The van der Waals surface area contributed by atoms with Gasteiger partial charge in [-0.05, 0) is 50.8 Å². The Labute approximate surface area is 172 Å². The largest absolute Gasteiger partial charge is 0.384 e. The quantitative estimate of drug-likeness (QED) is 0.820. The second-order valence-electron chi connectivity index (χ2n) is 8.15. The summed E-state index contributed by atoms with van der Waals surface area (Å²) in [5.74, 6) is 0.649. The minimum Gasteiger partial charge on any atom is -0.384 e. The van der Waals surface area contributed by atoms with Crippen LogP contribution in [0.3, 0.4) is 0 Å². The molecule has 2 aliphatic rings. The lowest BCUT2D eigenvalue weighted by Crippen LogP contribution is -2.56. The maximum absolute atomic E-state index is 13.2. The second-order valence-corrected chi connectivity index (χ2v) is 8.15. The Kier molecular flexibility index (Phi) is 5.28. The topological polar surface area (TPSA) is 74.5 Å². The number of benzene rings is 1. The molecule has 2 aromatic rings. The molecule has 0 bridgehead atoms. The number of anilines is 1. The zero-order chi connectivity index (χ0) is 20.5. The van der Waals surface area contributed by atoms with E-state index in [-0.39, 0.29) is 5.91 Å². The normalized spacial score (nSPS) is 18.8. The molecule has 29 heavy (non-hydrogen) atoms.